The second-order valence-corrected chi connectivity index (χ2v) is 6.92. The maximum atomic E-state index is 12.4. The van der Waals surface area contributed by atoms with Gasteiger partial charge in [0.15, 0.2) is 0 Å². The lowest BCUT2D eigenvalue weighted by Gasteiger charge is -2.47. The van der Waals surface area contributed by atoms with Gasteiger partial charge < -0.3 is 10.1 Å². The van der Waals surface area contributed by atoms with Gasteiger partial charge in [0, 0.05) is 30.4 Å². The Labute approximate surface area is 138 Å². The number of nitrogens with one attached hydrogen (secondary N) is 2. The molecule has 3 rings (SSSR count). The number of aromatic amines is 1. The van der Waals surface area contributed by atoms with Crippen molar-refractivity contribution in [2.45, 2.75) is 57.5 Å². The standard InChI is InChI=1S/C17H28N4O2/c1-13-11-15(20-19-13)12-16(22)18-14(2)17(5-3-4-6-17)21-7-9-23-10-8-21/h11,14H,3-10,12H2,1-2H3,(H,18,22)(H,19,20)/t14-/m0/s1. The van der Waals surface area contributed by atoms with E-state index < -0.39 is 0 Å². The number of amides is 1. The second kappa shape index (κ2) is 7.01. The third-order valence-electron chi connectivity index (χ3n) is 5.39. The van der Waals surface area contributed by atoms with Crippen molar-refractivity contribution in [3.05, 3.63) is 17.5 Å². The van der Waals surface area contributed by atoms with Gasteiger partial charge >= 0.3 is 0 Å². The SMILES string of the molecule is Cc1cc(CC(=O)N[C@@H](C)C2(N3CCOCC3)CCCC2)n[nH]1. The Morgan fingerprint density at radius 2 is 2.13 bits per heavy atom. The second-order valence-electron chi connectivity index (χ2n) is 6.92. The van der Waals surface area contributed by atoms with Crippen LogP contribution in [0.5, 0.6) is 0 Å². The Kier molecular flexibility index (Phi) is 5.02. The Bertz CT molecular complexity index is 530. The van der Waals surface area contributed by atoms with E-state index in [9.17, 15) is 4.79 Å². The van der Waals surface area contributed by atoms with Crippen LogP contribution in [0, 0.1) is 6.92 Å². The van der Waals surface area contributed by atoms with E-state index in [1.54, 1.807) is 0 Å². The molecule has 0 spiro atoms. The number of H-pyrrole nitrogens is 1. The fraction of sp³-hybridized carbons (Fsp3) is 0.765. The number of aromatic nitrogens is 2. The molecule has 1 aromatic heterocycles. The van der Waals surface area contributed by atoms with Gasteiger partial charge in [-0.25, -0.2) is 0 Å². The highest BCUT2D eigenvalue weighted by Crippen LogP contribution is 2.38. The molecule has 0 bridgehead atoms. The molecule has 128 valence electrons. The van der Waals surface area contributed by atoms with Gasteiger partial charge in [-0.15, -0.1) is 0 Å². The van der Waals surface area contributed by atoms with E-state index in [0.29, 0.717) is 6.42 Å². The van der Waals surface area contributed by atoms with Crippen molar-refractivity contribution in [3.63, 3.8) is 0 Å². The third kappa shape index (κ3) is 3.58. The fourth-order valence-corrected chi connectivity index (χ4v) is 4.18. The van der Waals surface area contributed by atoms with E-state index >= 15 is 0 Å². The molecule has 1 saturated heterocycles. The van der Waals surface area contributed by atoms with Crippen molar-refractivity contribution < 1.29 is 9.53 Å². The van der Waals surface area contributed by atoms with Crippen molar-refractivity contribution >= 4 is 5.91 Å². The Morgan fingerprint density at radius 3 is 2.74 bits per heavy atom. The smallest absolute Gasteiger partial charge is 0.226 e. The summed E-state index contributed by atoms with van der Waals surface area (Å²) < 4.78 is 5.51. The van der Waals surface area contributed by atoms with E-state index in [1.165, 1.54) is 12.8 Å². The first-order valence-electron chi connectivity index (χ1n) is 8.73. The molecule has 0 unspecified atom stereocenters. The minimum absolute atomic E-state index is 0.0588. The number of morpholine rings is 1. The molecule has 1 aliphatic heterocycles. The molecule has 0 aromatic carbocycles. The van der Waals surface area contributed by atoms with Crippen LogP contribution in [-0.4, -0.2) is 58.9 Å². The van der Waals surface area contributed by atoms with E-state index in [2.05, 4.69) is 27.3 Å². The monoisotopic (exact) mass is 320 g/mol. The highest BCUT2D eigenvalue weighted by atomic mass is 16.5. The maximum absolute atomic E-state index is 12.4. The highest BCUT2D eigenvalue weighted by Gasteiger charge is 2.44. The van der Waals surface area contributed by atoms with Crippen LogP contribution >= 0.6 is 0 Å². The minimum atomic E-state index is 0.0588. The molecule has 6 heteroatoms. The summed E-state index contributed by atoms with van der Waals surface area (Å²) in [4.78, 5) is 15.0. The largest absolute Gasteiger partial charge is 0.379 e. The van der Waals surface area contributed by atoms with Gasteiger partial charge in [-0.1, -0.05) is 12.8 Å². The zero-order chi connectivity index (χ0) is 16.3. The molecular weight excluding hydrogens is 292 g/mol. The number of hydrogen-bond donors (Lipinski definition) is 2. The molecule has 1 atom stereocenters. The van der Waals surface area contributed by atoms with E-state index in [4.69, 9.17) is 4.74 Å². The van der Waals surface area contributed by atoms with Crippen LogP contribution in [0.2, 0.25) is 0 Å². The summed E-state index contributed by atoms with van der Waals surface area (Å²) >= 11 is 0. The first kappa shape index (κ1) is 16.5. The van der Waals surface area contributed by atoms with Crippen molar-refractivity contribution in [2.24, 2.45) is 0 Å². The highest BCUT2D eigenvalue weighted by molar-refractivity contribution is 5.78. The molecule has 2 N–H and O–H groups in total. The summed E-state index contributed by atoms with van der Waals surface area (Å²) in [7, 11) is 0. The minimum Gasteiger partial charge on any atom is -0.379 e. The molecule has 2 aliphatic rings. The van der Waals surface area contributed by atoms with Gasteiger partial charge in [-0.3, -0.25) is 14.8 Å². The van der Waals surface area contributed by atoms with Crippen molar-refractivity contribution in [1.29, 1.82) is 0 Å². The third-order valence-corrected chi connectivity index (χ3v) is 5.39. The van der Waals surface area contributed by atoms with Crippen LogP contribution in [-0.2, 0) is 16.0 Å². The van der Waals surface area contributed by atoms with Crippen LogP contribution < -0.4 is 5.32 Å². The lowest BCUT2D eigenvalue weighted by atomic mass is 9.86. The normalized spacial score (nSPS) is 22.9. The molecule has 0 radical (unpaired) electrons. The number of rotatable bonds is 5. The average Bonchev–Trinajstić information content (AvgIpc) is 3.18. The van der Waals surface area contributed by atoms with Crippen LogP contribution in [0.3, 0.4) is 0 Å². The molecule has 23 heavy (non-hydrogen) atoms. The zero-order valence-corrected chi connectivity index (χ0v) is 14.2. The van der Waals surface area contributed by atoms with Crippen LogP contribution in [0.25, 0.3) is 0 Å². The van der Waals surface area contributed by atoms with Crippen molar-refractivity contribution in [3.8, 4) is 0 Å². The van der Waals surface area contributed by atoms with Gasteiger partial charge in [0.1, 0.15) is 0 Å². The van der Waals surface area contributed by atoms with Gasteiger partial charge in [0.05, 0.1) is 25.3 Å². The number of aryl methyl sites for hydroxylation is 1. The molecule has 6 nitrogen and oxygen atoms in total. The lowest BCUT2D eigenvalue weighted by molar-refractivity contribution is -0.122. The Balaban J connectivity index is 1.64. The summed E-state index contributed by atoms with van der Waals surface area (Å²) in [6, 6.07) is 2.08. The Hall–Kier alpha value is -1.40. The Morgan fingerprint density at radius 1 is 1.43 bits per heavy atom. The van der Waals surface area contributed by atoms with Crippen molar-refractivity contribution in [2.75, 3.05) is 26.3 Å². The van der Waals surface area contributed by atoms with Crippen LogP contribution in [0.4, 0.5) is 0 Å². The summed E-state index contributed by atoms with van der Waals surface area (Å²) in [5.74, 6) is 0.0588. The molecule has 1 amide bonds. The first-order chi connectivity index (χ1) is 11.1. The lowest BCUT2D eigenvalue weighted by Crippen LogP contribution is -2.62. The molecule has 1 aliphatic carbocycles. The van der Waals surface area contributed by atoms with Crippen LogP contribution in [0.1, 0.15) is 44.0 Å². The van der Waals surface area contributed by atoms with Crippen LogP contribution in [0.15, 0.2) is 6.07 Å². The molecule has 2 heterocycles. The fourth-order valence-electron chi connectivity index (χ4n) is 4.18. The number of carbonyl (C=O) groups is 1. The number of hydrogen-bond acceptors (Lipinski definition) is 4. The summed E-state index contributed by atoms with van der Waals surface area (Å²) in [5, 5.41) is 10.3. The van der Waals surface area contributed by atoms with Gasteiger partial charge in [0.25, 0.3) is 0 Å². The summed E-state index contributed by atoms with van der Waals surface area (Å²) in [6.45, 7) is 7.65. The number of carbonyl (C=O) groups excluding carboxylic acids is 1. The molecule has 1 aromatic rings. The number of nitrogens with zero attached hydrogens (tertiary/aromatic N) is 2. The van der Waals surface area contributed by atoms with Gasteiger partial charge in [-0.05, 0) is 32.8 Å². The number of ether oxygens (including phenoxy) is 1. The molecule has 1 saturated carbocycles. The predicted octanol–water partition coefficient (Wildman–Crippen LogP) is 1.41. The topological polar surface area (TPSA) is 70.2 Å². The summed E-state index contributed by atoms with van der Waals surface area (Å²) in [6.07, 6.45) is 5.16. The first-order valence-corrected chi connectivity index (χ1v) is 8.73. The zero-order valence-electron chi connectivity index (χ0n) is 14.2. The van der Waals surface area contributed by atoms with Gasteiger partial charge in [0.2, 0.25) is 5.91 Å². The predicted molar refractivity (Wildman–Crippen MR) is 88.2 cm³/mol. The average molecular weight is 320 g/mol. The maximum Gasteiger partial charge on any atom is 0.226 e. The molecular formula is C17H28N4O2. The quantitative estimate of drug-likeness (QED) is 0.860. The van der Waals surface area contributed by atoms with Gasteiger partial charge in [-0.2, -0.15) is 5.10 Å². The van der Waals surface area contributed by atoms with Crippen molar-refractivity contribution in [1.82, 2.24) is 20.4 Å². The van der Waals surface area contributed by atoms with E-state index in [1.807, 2.05) is 13.0 Å². The summed E-state index contributed by atoms with van der Waals surface area (Å²) in [5.41, 5.74) is 1.89. The van der Waals surface area contributed by atoms with E-state index in [0.717, 1.165) is 50.5 Å². The van der Waals surface area contributed by atoms with E-state index in [-0.39, 0.29) is 17.5 Å². The molecule has 2 fully saturated rings.